The molecular weight excluding hydrogens is 466 g/mol. The van der Waals surface area contributed by atoms with E-state index < -0.39 is 35.3 Å². The van der Waals surface area contributed by atoms with E-state index in [2.05, 4.69) is 5.32 Å². The summed E-state index contributed by atoms with van der Waals surface area (Å²) in [5, 5.41) is 23.5. The molecule has 2 aromatic carbocycles. The standard InChI is InChI=1S/C24H25NO8.ClH/c1-3-32-19(28)9-8-16(24(31)33-4-2)25-12-13-10-15-21(18(27)11-13)23(30)20-14(22(15)29)6-5-7-17(20)26;/h5-7,10-11,16,25-27H,3-4,8-9,12H2,1-2H3;1H/t16-;/m0./s1. The normalized spacial score (nSPS) is 12.8. The van der Waals surface area contributed by atoms with Gasteiger partial charge in [0.2, 0.25) is 5.78 Å². The Bertz CT molecular complexity index is 1110. The summed E-state index contributed by atoms with van der Waals surface area (Å²) in [6.45, 7) is 3.81. The van der Waals surface area contributed by atoms with E-state index in [0.29, 0.717) is 5.56 Å². The number of halogens is 1. The van der Waals surface area contributed by atoms with Crippen LogP contribution in [0.15, 0.2) is 30.3 Å². The van der Waals surface area contributed by atoms with Crippen molar-refractivity contribution in [2.45, 2.75) is 39.3 Å². The first-order chi connectivity index (χ1) is 15.8. The number of hydrogen-bond donors (Lipinski definition) is 3. The Morgan fingerprint density at radius 3 is 2.29 bits per heavy atom. The molecule has 1 aliphatic carbocycles. The molecule has 3 N–H and O–H groups in total. The van der Waals surface area contributed by atoms with Crippen LogP contribution in [-0.2, 0) is 25.6 Å². The third-order valence-corrected chi connectivity index (χ3v) is 5.23. The number of ether oxygens (including phenoxy) is 2. The van der Waals surface area contributed by atoms with Gasteiger partial charge in [0.15, 0.2) is 5.78 Å². The monoisotopic (exact) mass is 491 g/mol. The molecule has 0 fully saturated rings. The van der Waals surface area contributed by atoms with Gasteiger partial charge in [-0.1, -0.05) is 12.1 Å². The number of carbonyl (C=O) groups is 4. The molecule has 3 rings (SSSR count). The second-order valence-corrected chi connectivity index (χ2v) is 7.42. The molecule has 0 unspecified atom stereocenters. The third-order valence-electron chi connectivity index (χ3n) is 5.23. The predicted molar refractivity (Wildman–Crippen MR) is 123 cm³/mol. The average Bonchev–Trinajstić information content (AvgIpc) is 2.77. The molecule has 0 heterocycles. The second-order valence-electron chi connectivity index (χ2n) is 7.42. The van der Waals surface area contributed by atoms with Crippen LogP contribution >= 0.6 is 12.4 Å². The van der Waals surface area contributed by atoms with Crippen LogP contribution < -0.4 is 5.32 Å². The topological polar surface area (TPSA) is 139 Å². The molecule has 0 aliphatic heterocycles. The number of phenols is 2. The first-order valence-corrected chi connectivity index (χ1v) is 10.6. The molecule has 2 aromatic rings. The van der Waals surface area contributed by atoms with Gasteiger partial charge in [-0.3, -0.25) is 19.2 Å². The predicted octanol–water partition coefficient (Wildman–Crippen LogP) is 2.66. The zero-order valence-electron chi connectivity index (χ0n) is 18.8. The Hall–Kier alpha value is -3.43. The largest absolute Gasteiger partial charge is 0.507 e. The van der Waals surface area contributed by atoms with Gasteiger partial charge >= 0.3 is 11.9 Å². The number of phenolic OH excluding ortho intramolecular Hbond substituents is 2. The molecule has 9 nitrogen and oxygen atoms in total. The molecule has 34 heavy (non-hydrogen) atoms. The lowest BCUT2D eigenvalue weighted by atomic mass is 9.82. The Labute approximate surface area is 202 Å². The summed E-state index contributed by atoms with van der Waals surface area (Å²) in [6.07, 6.45) is 0.145. The van der Waals surface area contributed by atoms with Crippen molar-refractivity contribution >= 4 is 35.9 Å². The fourth-order valence-electron chi connectivity index (χ4n) is 3.73. The summed E-state index contributed by atoms with van der Waals surface area (Å²) in [5.74, 6) is -2.87. The highest BCUT2D eigenvalue weighted by atomic mass is 35.5. The molecule has 0 radical (unpaired) electrons. The van der Waals surface area contributed by atoms with Crippen molar-refractivity contribution in [3.05, 3.63) is 58.1 Å². The van der Waals surface area contributed by atoms with Crippen LogP contribution in [0.2, 0.25) is 0 Å². The molecule has 0 aromatic heterocycles. The number of hydrogen-bond acceptors (Lipinski definition) is 9. The molecule has 0 bridgehead atoms. The van der Waals surface area contributed by atoms with E-state index in [1.165, 1.54) is 30.3 Å². The quantitative estimate of drug-likeness (QED) is 0.385. The van der Waals surface area contributed by atoms with E-state index in [4.69, 9.17) is 9.47 Å². The number of nitrogens with one attached hydrogen (secondary N) is 1. The molecular formula is C24H26ClNO8. The maximum Gasteiger partial charge on any atom is 0.323 e. The van der Waals surface area contributed by atoms with Crippen LogP contribution in [0, 0.1) is 0 Å². The minimum Gasteiger partial charge on any atom is -0.507 e. The summed E-state index contributed by atoms with van der Waals surface area (Å²) in [5.41, 5.74) is 0.186. The number of aromatic hydroxyl groups is 2. The molecule has 1 atom stereocenters. The number of benzene rings is 2. The van der Waals surface area contributed by atoms with Gasteiger partial charge < -0.3 is 25.0 Å². The van der Waals surface area contributed by atoms with Gasteiger partial charge in [-0.25, -0.2) is 0 Å². The van der Waals surface area contributed by atoms with Gasteiger partial charge in [0.1, 0.15) is 17.5 Å². The Morgan fingerprint density at radius 1 is 0.941 bits per heavy atom. The number of ketones is 2. The van der Waals surface area contributed by atoms with Gasteiger partial charge in [-0.15, -0.1) is 12.4 Å². The van der Waals surface area contributed by atoms with Gasteiger partial charge in [-0.2, -0.15) is 0 Å². The first kappa shape index (κ1) is 26.8. The molecule has 0 amide bonds. The van der Waals surface area contributed by atoms with E-state index in [-0.39, 0.29) is 73.0 Å². The molecule has 1 aliphatic rings. The van der Waals surface area contributed by atoms with Crippen molar-refractivity contribution in [2.24, 2.45) is 0 Å². The molecule has 182 valence electrons. The van der Waals surface area contributed by atoms with Crippen LogP contribution in [0.5, 0.6) is 11.5 Å². The molecule has 0 saturated carbocycles. The average molecular weight is 492 g/mol. The van der Waals surface area contributed by atoms with Crippen molar-refractivity contribution in [3.8, 4) is 11.5 Å². The van der Waals surface area contributed by atoms with E-state index in [1.54, 1.807) is 13.8 Å². The molecule has 10 heteroatoms. The van der Waals surface area contributed by atoms with Crippen molar-refractivity contribution in [3.63, 3.8) is 0 Å². The molecule has 0 saturated heterocycles. The van der Waals surface area contributed by atoms with Crippen molar-refractivity contribution < 1.29 is 38.9 Å². The summed E-state index contributed by atoms with van der Waals surface area (Å²) in [6, 6.07) is 6.16. The van der Waals surface area contributed by atoms with E-state index in [0.717, 1.165) is 0 Å². The SMILES string of the molecule is CCOC(=O)CC[C@H](NCc1cc(O)c2c(c1)C(=O)c1cccc(O)c1C2=O)C(=O)OCC.Cl. The van der Waals surface area contributed by atoms with Crippen molar-refractivity contribution in [1.82, 2.24) is 5.32 Å². The van der Waals surface area contributed by atoms with Crippen LogP contribution in [0.3, 0.4) is 0 Å². The highest BCUT2D eigenvalue weighted by Crippen LogP contribution is 2.37. The third kappa shape index (κ3) is 5.55. The fraction of sp³-hybridized carbons (Fsp3) is 0.333. The van der Waals surface area contributed by atoms with Gasteiger partial charge in [-0.05, 0) is 44.0 Å². The maximum atomic E-state index is 13.0. The summed E-state index contributed by atoms with van der Waals surface area (Å²) in [4.78, 5) is 49.8. The lowest BCUT2D eigenvalue weighted by molar-refractivity contribution is -0.147. The van der Waals surface area contributed by atoms with Crippen molar-refractivity contribution in [2.75, 3.05) is 13.2 Å². The van der Waals surface area contributed by atoms with Gasteiger partial charge in [0, 0.05) is 24.1 Å². The second kappa shape index (κ2) is 11.6. The van der Waals surface area contributed by atoms with E-state index in [9.17, 15) is 29.4 Å². The Balaban J connectivity index is 0.00000408. The van der Waals surface area contributed by atoms with Crippen LogP contribution in [0.4, 0.5) is 0 Å². The smallest absolute Gasteiger partial charge is 0.323 e. The zero-order valence-corrected chi connectivity index (χ0v) is 19.6. The zero-order chi connectivity index (χ0) is 24.1. The number of fused-ring (bicyclic) bond motifs is 2. The van der Waals surface area contributed by atoms with E-state index >= 15 is 0 Å². The lowest BCUT2D eigenvalue weighted by Crippen LogP contribution is -2.38. The van der Waals surface area contributed by atoms with Crippen LogP contribution in [0.1, 0.15) is 64.1 Å². The number of carbonyl (C=O) groups excluding carboxylic acids is 4. The Morgan fingerprint density at radius 2 is 1.62 bits per heavy atom. The minimum atomic E-state index is -0.817. The first-order valence-electron chi connectivity index (χ1n) is 10.6. The highest BCUT2D eigenvalue weighted by molar-refractivity contribution is 6.30. The van der Waals surface area contributed by atoms with Crippen molar-refractivity contribution in [1.29, 1.82) is 0 Å². The number of esters is 2. The number of rotatable bonds is 9. The minimum absolute atomic E-state index is 0. The van der Waals surface area contributed by atoms with Gasteiger partial charge in [0.25, 0.3) is 0 Å². The fourth-order valence-corrected chi connectivity index (χ4v) is 3.73. The van der Waals surface area contributed by atoms with Crippen LogP contribution in [-0.4, -0.2) is 53.0 Å². The van der Waals surface area contributed by atoms with Gasteiger partial charge in [0.05, 0.1) is 24.3 Å². The maximum absolute atomic E-state index is 13.0. The van der Waals surface area contributed by atoms with E-state index in [1.807, 2.05) is 0 Å². The summed E-state index contributed by atoms with van der Waals surface area (Å²) < 4.78 is 9.95. The highest BCUT2D eigenvalue weighted by Gasteiger charge is 2.34. The molecule has 0 spiro atoms. The Kier molecular flexibility index (Phi) is 9.17. The van der Waals surface area contributed by atoms with Crippen LogP contribution in [0.25, 0.3) is 0 Å². The lowest BCUT2D eigenvalue weighted by Gasteiger charge is -2.21. The summed E-state index contributed by atoms with van der Waals surface area (Å²) >= 11 is 0. The summed E-state index contributed by atoms with van der Waals surface area (Å²) in [7, 11) is 0.